The molecule has 0 bridgehead atoms. The van der Waals surface area contributed by atoms with E-state index in [4.69, 9.17) is 4.74 Å². The van der Waals surface area contributed by atoms with Crippen LogP contribution in [0.2, 0.25) is 0 Å². The number of aliphatic hydroxyl groups excluding tert-OH is 1. The molecular formula is C20H30N2O2. The minimum absolute atomic E-state index is 0.261. The molecule has 1 aromatic rings. The molecule has 2 saturated heterocycles. The molecule has 1 spiro atoms. The number of piperidine rings is 1. The summed E-state index contributed by atoms with van der Waals surface area (Å²) in [5.74, 6) is 0.947. The number of benzene rings is 1. The Kier molecular flexibility index (Phi) is 4.65. The van der Waals surface area contributed by atoms with Gasteiger partial charge in [0.05, 0.1) is 6.61 Å². The fourth-order valence-corrected chi connectivity index (χ4v) is 4.25. The number of aliphatic hydroxyl groups is 1. The van der Waals surface area contributed by atoms with E-state index in [2.05, 4.69) is 41.0 Å². The zero-order valence-electron chi connectivity index (χ0n) is 14.8. The van der Waals surface area contributed by atoms with Crippen LogP contribution >= 0.6 is 0 Å². The van der Waals surface area contributed by atoms with Crippen molar-refractivity contribution in [2.45, 2.75) is 51.0 Å². The van der Waals surface area contributed by atoms with Gasteiger partial charge in [-0.25, -0.2) is 4.90 Å². The quantitative estimate of drug-likeness (QED) is 0.900. The summed E-state index contributed by atoms with van der Waals surface area (Å²) in [6.07, 6.45) is 5.30. The lowest BCUT2D eigenvalue weighted by atomic mass is 9.97. The topological polar surface area (TPSA) is 35.9 Å². The van der Waals surface area contributed by atoms with Gasteiger partial charge in [-0.15, -0.1) is 0 Å². The van der Waals surface area contributed by atoms with Gasteiger partial charge in [-0.3, -0.25) is 0 Å². The molecule has 2 aliphatic heterocycles. The average Bonchev–Trinajstić information content (AvgIpc) is 3.35. The van der Waals surface area contributed by atoms with E-state index in [-0.39, 0.29) is 5.72 Å². The molecular weight excluding hydrogens is 300 g/mol. The predicted molar refractivity (Wildman–Crippen MR) is 94.6 cm³/mol. The first-order chi connectivity index (χ1) is 11.7. The standard InChI is InChI=1S/C20H30N2O2/c1-2-16-5-7-18(8-6-16)19(23)22-13-14-24-20(22)9-11-21(12-10-20)15-17-3-4-17/h5-8,17,19,23H,2-4,9-15H2,1H3. The number of hydrogen-bond donors (Lipinski definition) is 1. The lowest BCUT2D eigenvalue weighted by Gasteiger charge is -2.45. The minimum Gasteiger partial charge on any atom is -0.374 e. The molecule has 1 aromatic carbocycles. The molecule has 0 aromatic heterocycles. The largest absolute Gasteiger partial charge is 0.374 e. The van der Waals surface area contributed by atoms with Crippen molar-refractivity contribution in [2.24, 2.45) is 5.92 Å². The maximum absolute atomic E-state index is 11.0. The van der Waals surface area contributed by atoms with Gasteiger partial charge in [0.15, 0.2) is 0 Å². The number of likely N-dealkylation sites (tertiary alicyclic amines) is 1. The van der Waals surface area contributed by atoms with Crippen LogP contribution in [0.1, 0.15) is 50.0 Å². The maximum Gasteiger partial charge on any atom is 0.135 e. The van der Waals surface area contributed by atoms with Gasteiger partial charge in [0, 0.05) is 39.0 Å². The molecule has 4 rings (SSSR count). The van der Waals surface area contributed by atoms with Crippen LogP contribution in [0, 0.1) is 5.92 Å². The fraction of sp³-hybridized carbons (Fsp3) is 0.700. The number of aryl methyl sites for hydroxylation is 1. The molecule has 3 fully saturated rings. The first-order valence-corrected chi connectivity index (χ1v) is 9.60. The zero-order valence-corrected chi connectivity index (χ0v) is 14.8. The van der Waals surface area contributed by atoms with Crippen molar-refractivity contribution in [1.29, 1.82) is 0 Å². The van der Waals surface area contributed by atoms with Crippen molar-refractivity contribution in [2.75, 3.05) is 32.8 Å². The molecule has 3 aliphatic rings. The highest BCUT2D eigenvalue weighted by molar-refractivity contribution is 5.24. The van der Waals surface area contributed by atoms with Crippen LogP contribution in [0.15, 0.2) is 24.3 Å². The van der Waals surface area contributed by atoms with E-state index in [1.165, 1.54) is 24.9 Å². The van der Waals surface area contributed by atoms with Gasteiger partial charge in [-0.1, -0.05) is 31.2 Å². The van der Waals surface area contributed by atoms with E-state index in [0.717, 1.165) is 57.0 Å². The monoisotopic (exact) mass is 330 g/mol. The van der Waals surface area contributed by atoms with Crippen molar-refractivity contribution >= 4 is 0 Å². The van der Waals surface area contributed by atoms with Gasteiger partial charge in [0.25, 0.3) is 0 Å². The molecule has 132 valence electrons. The second kappa shape index (κ2) is 6.75. The van der Waals surface area contributed by atoms with Crippen LogP contribution in [0.4, 0.5) is 0 Å². The third kappa shape index (κ3) is 3.25. The van der Waals surface area contributed by atoms with Crippen LogP contribution in [0.25, 0.3) is 0 Å². The molecule has 1 aliphatic carbocycles. The van der Waals surface area contributed by atoms with E-state index in [1.807, 2.05) is 0 Å². The Morgan fingerprint density at radius 1 is 1.17 bits per heavy atom. The summed E-state index contributed by atoms with van der Waals surface area (Å²) in [7, 11) is 0. The molecule has 0 radical (unpaired) electrons. The van der Waals surface area contributed by atoms with Crippen LogP contribution in [-0.4, -0.2) is 53.4 Å². The number of nitrogens with zero attached hydrogens (tertiary/aromatic N) is 2. The third-order valence-corrected chi connectivity index (χ3v) is 6.06. The summed E-state index contributed by atoms with van der Waals surface area (Å²) in [4.78, 5) is 4.79. The van der Waals surface area contributed by atoms with Crippen molar-refractivity contribution in [3.8, 4) is 0 Å². The van der Waals surface area contributed by atoms with Crippen LogP contribution in [-0.2, 0) is 11.2 Å². The lowest BCUT2D eigenvalue weighted by molar-refractivity contribution is -0.170. The van der Waals surface area contributed by atoms with Crippen molar-refractivity contribution in [3.63, 3.8) is 0 Å². The molecule has 1 atom stereocenters. The summed E-state index contributed by atoms with van der Waals surface area (Å²) < 4.78 is 6.19. The average molecular weight is 330 g/mol. The highest BCUT2D eigenvalue weighted by atomic mass is 16.5. The number of rotatable bonds is 5. The van der Waals surface area contributed by atoms with Gasteiger partial charge in [0.2, 0.25) is 0 Å². The predicted octanol–water partition coefficient (Wildman–Crippen LogP) is 2.77. The Morgan fingerprint density at radius 3 is 2.50 bits per heavy atom. The maximum atomic E-state index is 11.0. The van der Waals surface area contributed by atoms with Crippen molar-refractivity contribution in [3.05, 3.63) is 35.4 Å². The summed E-state index contributed by atoms with van der Waals surface area (Å²) in [5, 5.41) is 11.0. The highest BCUT2D eigenvalue weighted by Gasteiger charge is 2.47. The summed E-state index contributed by atoms with van der Waals surface area (Å²) in [6, 6.07) is 8.39. The molecule has 4 nitrogen and oxygen atoms in total. The van der Waals surface area contributed by atoms with Crippen LogP contribution < -0.4 is 0 Å². The second-order valence-corrected chi connectivity index (χ2v) is 7.70. The SMILES string of the molecule is CCc1ccc(C(O)N2CCOC23CCN(CC2CC2)CC3)cc1. The van der Waals surface area contributed by atoms with E-state index < -0.39 is 6.23 Å². The highest BCUT2D eigenvalue weighted by Crippen LogP contribution is 2.40. The van der Waals surface area contributed by atoms with Crippen LogP contribution in [0.3, 0.4) is 0 Å². The van der Waals surface area contributed by atoms with Crippen molar-refractivity contribution in [1.82, 2.24) is 9.80 Å². The zero-order chi connectivity index (χ0) is 16.6. The number of hydrogen-bond acceptors (Lipinski definition) is 4. The van der Waals surface area contributed by atoms with Gasteiger partial charge >= 0.3 is 0 Å². The van der Waals surface area contributed by atoms with E-state index in [1.54, 1.807) is 0 Å². The molecule has 1 saturated carbocycles. The fourth-order valence-electron chi connectivity index (χ4n) is 4.25. The van der Waals surface area contributed by atoms with Gasteiger partial charge in [-0.05, 0) is 36.3 Å². The Bertz CT molecular complexity index is 547. The van der Waals surface area contributed by atoms with Crippen molar-refractivity contribution < 1.29 is 9.84 Å². The Hall–Kier alpha value is -0.940. The summed E-state index contributed by atoms with van der Waals surface area (Å²) in [5.41, 5.74) is 2.03. The molecule has 24 heavy (non-hydrogen) atoms. The minimum atomic E-state index is -0.562. The van der Waals surface area contributed by atoms with E-state index in [0.29, 0.717) is 0 Å². The normalized spacial score (nSPS) is 26.1. The summed E-state index contributed by atoms with van der Waals surface area (Å²) >= 11 is 0. The smallest absolute Gasteiger partial charge is 0.135 e. The van der Waals surface area contributed by atoms with Crippen LogP contribution in [0.5, 0.6) is 0 Å². The molecule has 1 unspecified atom stereocenters. The van der Waals surface area contributed by atoms with E-state index in [9.17, 15) is 5.11 Å². The third-order valence-electron chi connectivity index (χ3n) is 6.06. The molecule has 4 heteroatoms. The van der Waals surface area contributed by atoms with Gasteiger partial charge < -0.3 is 14.7 Å². The number of ether oxygens (including phenoxy) is 1. The molecule has 1 N–H and O–H groups in total. The second-order valence-electron chi connectivity index (χ2n) is 7.70. The van der Waals surface area contributed by atoms with Gasteiger partial charge in [-0.2, -0.15) is 0 Å². The van der Waals surface area contributed by atoms with E-state index >= 15 is 0 Å². The Labute approximate surface area is 145 Å². The first kappa shape index (κ1) is 16.5. The Balaban J connectivity index is 1.43. The van der Waals surface area contributed by atoms with Gasteiger partial charge in [0.1, 0.15) is 12.0 Å². The Morgan fingerprint density at radius 2 is 1.88 bits per heavy atom. The summed E-state index contributed by atoms with van der Waals surface area (Å²) in [6.45, 7) is 7.15. The lowest BCUT2D eigenvalue weighted by Crippen LogP contribution is -2.54. The molecule has 2 heterocycles. The first-order valence-electron chi connectivity index (χ1n) is 9.60. The molecule has 0 amide bonds.